The molecule has 17 aromatic rings. The average Bonchev–Trinajstić information content (AvgIpc) is 4.16. The zero-order valence-corrected chi connectivity index (χ0v) is 44.2. The van der Waals surface area contributed by atoms with Gasteiger partial charge in [0.25, 0.3) is 0 Å². The van der Waals surface area contributed by atoms with Crippen LogP contribution in [-0.4, -0.2) is 9.55 Å². The molecule has 370 valence electrons. The van der Waals surface area contributed by atoms with Crippen LogP contribution in [0.3, 0.4) is 0 Å². The monoisotopic (exact) mass is 1030 g/mol. The van der Waals surface area contributed by atoms with Crippen molar-refractivity contribution >= 4 is 118 Å². The van der Waals surface area contributed by atoms with E-state index in [4.69, 9.17) is 4.98 Å². The van der Waals surface area contributed by atoms with E-state index in [-0.39, 0.29) is 0 Å². The van der Waals surface area contributed by atoms with Gasteiger partial charge in [0.15, 0.2) is 0 Å². The van der Waals surface area contributed by atoms with E-state index in [1.165, 1.54) is 123 Å². The molecule has 80 heavy (non-hydrogen) atoms. The maximum absolute atomic E-state index is 5.22. The quantitative estimate of drug-likeness (QED) is 0.152. The molecule has 3 aromatic heterocycles. The Morgan fingerprint density at radius 1 is 0.250 bits per heavy atom. The number of pyridine rings is 1. The van der Waals surface area contributed by atoms with Crippen molar-refractivity contribution in [1.29, 1.82) is 0 Å². The molecule has 2 nitrogen and oxygen atoms in total. The van der Waals surface area contributed by atoms with Crippen molar-refractivity contribution in [2.45, 2.75) is 0 Å². The molecule has 0 spiro atoms. The van der Waals surface area contributed by atoms with Gasteiger partial charge in [-0.25, -0.2) is 0 Å². The van der Waals surface area contributed by atoms with Crippen molar-refractivity contribution in [2.24, 2.45) is 0 Å². The second kappa shape index (κ2) is 17.7. The predicted octanol–water partition coefficient (Wildman–Crippen LogP) is 21.8. The van der Waals surface area contributed by atoms with Crippen molar-refractivity contribution in [2.75, 3.05) is 0 Å². The first-order valence-electron chi connectivity index (χ1n) is 27.5. The molecule has 0 fully saturated rings. The number of thiophene rings is 1. The lowest BCUT2D eigenvalue weighted by molar-refractivity contribution is 1.18. The van der Waals surface area contributed by atoms with Crippen LogP contribution in [0.2, 0.25) is 0 Å². The Bertz CT molecular complexity index is 5320. The molecule has 0 amide bonds. The highest BCUT2D eigenvalue weighted by molar-refractivity contribution is 7.26. The Morgan fingerprint density at radius 2 is 0.662 bits per heavy atom. The van der Waals surface area contributed by atoms with Gasteiger partial charge in [0, 0.05) is 53.8 Å². The Kier molecular flexibility index (Phi) is 9.92. The Balaban J connectivity index is 0.911. The van der Waals surface area contributed by atoms with Crippen LogP contribution in [-0.2, 0) is 0 Å². The Morgan fingerprint density at radius 3 is 1.29 bits per heavy atom. The number of fused-ring (bicyclic) bond motifs is 18. The number of rotatable bonds is 6. The zero-order chi connectivity index (χ0) is 52.4. The van der Waals surface area contributed by atoms with Crippen LogP contribution in [0, 0.1) is 0 Å². The molecule has 0 unspecified atom stereocenters. The number of para-hydroxylation sites is 2. The van der Waals surface area contributed by atoms with Gasteiger partial charge in [-0.2, -0.15) is 0 Å². The van der Waals surface area contributed by atoms with Gasteiger partial charge in [-0.05, 0) is 177 Å². The number of aromatic nitrogens is 2. The number of nitrogens with zero attached hydrogens (tertiary/aromatic N) is 2. The molecule has 0 aliphatic carbocycles. The van der Waals surface area contributed by atoms with Gasteiger partial charge in [-0.15, -0.1) is 11.3 Å². The standard InChI is InChI=1S/C77H46N2S/c1-2-23-61-57(19-1)58-20-3-6-24-62(58)70-44-48(35-36-65(61)70)52-39-53(43-55(42-52)79-74-32-12-9-27-66(74)67-28-10-13-33-75(67)79)51-38-50(40-54(41-51)56-30-16-31-69-68-29-11-14-34-76(68)80-77(56)69)47-17-15-18-49(37-47)73-45-71-63-25-7-4-21-59(63)60-22-5-8-26-64(60)72(71)46-78-73/h1-46H. The summed E-state index contributed by atoms with van der Waals surface area (Å²) in [5, 5.41) is 20.0. The highest BCUT2D eigenvalue weighted by Crippen LogP contribution is 2.45. The first kappa shape index (κ1) is 44.9. The average molecular weight is 1030 g/mol. The van der Waals surface area contributed by atoms with Gasteiger partial charge < -0.3 is 4.57 Å². The fourth-order valence-corrected chi connectivity index (χ4v) is 14.5. The van der Waals surface area contributed by atoms with Crippen molar-refractivity contribution in [3.63, 3.8) is 0 Å². The molecule has 3 heteroatoms. The fraction of sp³-hybridized carbons (Fsp3) is 0. The summed E-state index contributed by atoms with van der Waals surface area (Å²) in [6, 6.07) is 101. The Labute approximate surface area is 465 Å². The number of benzene rings is 14. The van der Waals surface area contributed by atoms with Crippen LogP contribution >= 0.6 is 11.3 Å². The first-order valence-corrected chi connectivity index (χ1v) is 28.3. The van der Waals surface area contributed by atoms with Gasteiger partial charge in [-0.1, -0.05) is 200 Å². The molecule has 0 aliphatic rings. The highest BCUT2D eigenvalue weighted by atomic mass is 32.1. The fourth-order valence-electron chi connectivity index (χ4n) is 13.3. The largest absolute Gasteiger partial charge is 0.309 e. The second-order valence-corrected chi connectivity index (χ2v) is 22.4. The van der Waals surface area contributed by atoms with E-state index in [1.807, 2.05) is 11.3 Å². The summed E-state index contributed by atoms with van der Waals surface area (Å²) in [6.45, 7) is 0. The zero-order valence-electron chi connectivity index (χ0n) is 43.4. The number of hydrogen-bond acceptors (Lipinski definition) is 2. The van der Waals surface area contributed by atoms with Crippen molar-refractivity contribution in [3.8, 4) is 61.5 Å². The van der Waals surface area contributed by atoms with Crippen LogP contribution in [0.25, 0.3) is 168 Å². The van der Waals surface area contributed by atoms with E-state index < -0.39 is 0 Å². The molecule has 14 aromatic carbocycles. The van der Waals surface area contributed by atoms with E-state index >= 15 is 0 Å². The highest BCUT2D eigenvalue weighted by Gasteiger charge is 2.19. The van der Waals surface area contributed by atoms with E-state index in [2.05, 4.69) is 284 Å². The van der Waals surface area contributed by atoms with Gasteiger partial charge in [-0.3, -0.25) is 4.98 Å². The molecule has 3 heterocycles. The second-order valence-electron chi connectivity index (χ2n) is 21.4. The third-order valence-electron chi connectivity index (χ3n) is 16.9. The lowest BCUT2D eigenvalue weighted by atomic mass is 9.89. The van der Waals surface area contributed by atoms with E-state index in [0.717, 1.165) is 44.8 Å². The summed E-state index contributed by atoms with van der Waals surface area (Å²) in [7, 11) is 0. The summed E-state index contributed by atoms with van der Waals surface area (Å²) >= 11 is 1.88. The van der Waals surface area contributed by atoms with E-state index in [0.29, 0.717) is 0 Å². The van der Waals surface area contributed by atoms with Crippen LogP contribution < -0.4 is 0 Å². The van der Waals surface area contributed by atoms with Crippen molar-refractivity contribution in [1.82, 2.24) is 9.55 Å². The minimum absolute atomic E-state index is 0.950. The summed E-state index contributed by atoms with van der Waals surface area (Å²) in [5.41, 5.74) is 14.8. The normalized spacial score (nSPS) is 12.0. The van der Waals surface area contributed by atoms with Crippen LogP contribution in [0.15, 0.2) is 279 Å². The van der Waals surface area contributed by atoms with Gasteiger partial charge >= 0.3 is 0 Å². The summed E-state index contributed by atoms with van der Waals surface area (Å²) in [5.74, 6) is 0. The van der Waals surface area contributed by atoms with E-state index in [9.17, 15) is 0 Å². The summed E-state index contributed by atoms with van der Waals surface area (Å²) in [6.07, 6.45) is 2.08. The molecule has 17 rings (SSSR count). The maximum Gasteiger partial charge on any atom is 0.0708 e. The molecular formula is C77H46N2S. The van der Waals surface area contributed by atoms with E-state index in [1.54, 1.807) is 0 Å². The lowest BCUT2D eigenvalue weighted by Crippen LogP contribution is -1.96. The molecule has 0 saturated carbocycles. The minimum atomic E-state index is 0.950. The van der Waals surface area contributed by atoms with Crippen molar-refractivity contribution < 1.29 is 0 Å². The van der Waals surface area contributed by atoms with Gasteiger partial charge in [0.1, 0.15) is 0 Å². The van der Waals surface area contributed by atoms with Gasteiger partial charge in [0.2, 0.25) is 0 Å². The molecule has 0 radical (unpaired) electrons. The van der Waals surface area contributed by atoms with Crippen LogP contribution in [0.1, 0.15) is 0 Å². The van der Waals surface area contributed by atoms with Gasteiger partial charge in [0.05, 0.1) is 16.7 Å². The maximum atomic E-state index is 5.22. The third kappa shape index (κ3) is 6.94. The van der Waals surface area contributed by atoms with Crippen molar-refractivity contribution in [3.05, 3.63) is 279 Å². The predicted molar refractivity (Wildman–Crippen MR) is 344 cm³/mol. The first-order chi connectivity index (χ1) is 39.6. The number of hydrogen-bond donors (Lipinski definition) is 0. The third-order valence-corrected chi connectivity index (χ3v) is 18.2. The molecule has 0 N–H and O–H groups in total. The summed E-state index contributed by atoms with van der Waals surface area (Å²) < 4.78 is 5.06. The molecule has 0 atom stereocenters. The Hall–Kier alpha value is -10.2. The minimum Gasteiger partial charge on any atom is -0.309 e. The summed E-state index contributed by atoms with van der Waals surface area (Å²) in [4.78, 5) is 5.22. The van der Waals surface area contributed by atoms with Crippen LogP contribution in [0.4, 0.5) is 0 Å². The molecule has 0 bridgehead atoms. The topological polar surface area (TPSA) is 17.8 Å². The molecule has 0 aliphatic heterocycles. The molecule has 0 saturated heterocycles. The smallest absolute Gasteiger partial charge is 0.0708 e. The SMILES string of the molecule is c1cc(-c2cc(-c3cc(-c4ccc5c6ccccc6c6ccccc6c5c4)cc(-n4c5ccccc5c5ccccc54)c3)cc(-c3cccc4c3sc3ccccc34)c2)cc(-c2cc3c4ccccc4c4ccccc4c3cn2)c1. The van der Waals surface area contributed by atoms with Crippen LogP contribution in [0.5, 0.6) is 0 Å². The molecular weight excluding hydrogens is 985 g/mol. The lowest BCUT2D eigenvalue weighted by Gasteiger charge is -2.17.